The van der Waals surface area contributed by atoms with Gasteiger partial charge in [-0.3, -0.25) is 0 Å². The summed E-state index contributed by atoms with van der Waals surface area (Å²) in [6.45, 7) is 0. The van der Waals surface area contributed by atoms with Crippen LogP contribution in [-0.4, -0.2) is 33.8 Å². The van der Waals surface area contributed by atoms with Crippen LogP contribution in [0.5, 0.6) is 0 Å². The largest absolute Gasteiger partial charge is 3.00 e. The van der Waals surface area contributed by atoms with E-state index in [1.165, 1.54) is 0 Å². The maximum absolute atomic E-state index is 7.50. The van der Waals surface area contributed by atoms with Crippen molar-refractivity contribution in [1.29, 1.82) is 0 Å². The van der Waals surface area contributed by atoms with Crippen molar-refractivity contribution in [3.05, 3.63) is 0 Å². The van der Waals surface area contributed by atoms with E-state index >= 15 is 0 Å². The molecule has 0 radical (unpaired) electrons. The smallest absolute Gasteiger partial charge is 0.870 e. The van der Waals surface area contributed by atoms with Gasteiger partial charge in [0.1, 0.15) is 0 Å². The minimum atomic E-state index is 0. The molecule has 0 atom stereocenters. The summed E-state index contributed by atoms with van der Waals surface area (Å²) in [5, 5.41) is 0. The summed E-state index contributed by atoms with van der Waals surface area (Å²) in [7, 11) is 0. The van der Waals surface area contributed by atoms with Crippen LogP contribution < -0.4 is 0 Å². The molecule has 3 nitrogen and oxygen atoms in total. The molecule has 0 unspecified atom stereocenters. The van der Waals surface area contributed by atoms with Crippen LogP contribution in [0.4, 0.5) is 0 Å². The molecule has 24 valence electrons. The summed E-state index contributed by atoms with van der Waals surface area (Å²) < 4.78 is 4.50. The van der Waals surface area contributed by atoms with Gasteiger partial charge >= 0.3 is 17.4 Å². The standard InChI is InChI=1S/Al.3H2O/h;3*1H2/q+3;;;/p-3/i/hD. The second-order valence-electron chi connectivity index (χ2n) is 0. The molecule has 0 amide bonds. The Bertz CT molecular complexity index is 6.85. The molecule has 0 heterocycles. The van der Waals surface area contributed by atoms with E-state index in [0.717, 1.165) is 0 Å². The van der Waals surface area contributed by atoms with Gasteiger partial charge in [-0.1, -0.05) is 0 Å². The molecule has 0 aliphatic heterocycles. The SMILES string of the molecule is [2H][O-].[Al+3].[OH-].[OH-]. The Balaban J connectivity index is -0.00000000167. The molecule has 0 aromatic rings. The predicted molar refractivity (Wildman–Crippen MR) is 11.6 cm³/mol. The predicted octanol–water partition coefficient (Wildman–Crippen LogP) is -0.911. The van der Waals surface area contributed by atoms with Crippen molar-refractivity contribution in [2.45, 2.75) is 0 Å². The van der Waals surface area contributed by atoms with Gasteiger partial charge in [-0.05, 0) is 0 Å². The number of hydrogen-bond donors (Lipinski definition) is 0. The molecular formula is H3AlO3. The molecule has 0 aliphatic carbocycles. The van der Waals surface area contributed by atoms with E-state index in [0.29, 0.717) is 0 Å². The van der Waals surface area contributed by atoms with Crippen LogP contribution in [0, 0.1) is 0 Å². The van der Waals surface area contributed by atoms with Gasteiger partial charge in [0.2, 0.25) is 0 Å². The van der Waals surface area contributed by atoms with Gasteiger partial charge in [-0.2, -0.15) is 0 Å². The fourth-order valence-electron chi connectivity index (χ4n) is 0. The van der Waals surface area contributed by atoms with Crippen molar-refractivity contribution < 1.29 is 17.9 Å². The van der Waals surface area contributed by atoms with E-state index in [9.17, 15) is 0 Å². The molecular weight excluding hydrogens is 75.0 g/mol. The summed E-state index contributed by atoms with van der Waals surface area (Å²) >= 11 is 0. The minimum Gasteiger partial charge on any atom is -0.870 e. The number of rotatable bonds is 0. The van der Waals surface area contributed by atoms with Crippen LogP contribution in [0.2, 0.25) is 0 Å². The van der Waals surface area contributed by atoms with Gasteiger partial charge in [-0.25, -0.2) is 0 Å². The maximum atomic E-state index is 7.50. The molecule has 0 saturated heterocycles. The zero-order valence-corrected chi connectivity index (χ0v) is 3.03. The fraction of sp³-hybridized carbons (Fsp3) is 0. The van der Waals surface area contributed by atoms with E-state index in [1.54, 1.807) is 0 Å². The number of hydrogen-bond acceptors (Lipinski definition) is 3. The summed E-state index contributed by atoms with van der Waals surface area (Å²) in [6, 6.07) is 0. The van der Waals surface area contributed by atoms with Crippen molar-refractivity contribution in [1.82, 2.24) is 0 Å². The van der Waals surface area contributed by atoms with E-state index in [-0.39, 0.29) is 28.3 Å². The molecule has 3 N–H and O–H groups in total. The molecule has 0 aliphatic rings. The van der Waals surface area contributed by atoms with Crippen LogP contribution in [0.1, 0.15) is 1.43 Å². The second-order valence-corrected chi connectivity index (χ2v) is 0. The van der Waals surface area contributed by atoms with E-state index in [4.69, 9.17) is 5.48 Å². The van der Waals surface area contributed by atoms with Crippen molar-refractivity contribution in [3.8, 4) is 0 Å². The van der Waals surface area contributed by atoms with Gasteiger partial charge in [0.15, 0.2) is 0 Å². The monoisotopic (exact) mass is 79.0 g/mol. The zero-order valence-electron chi connectivity index (χ0n) is 2.88. The third-order valence-corrected chi connectivity index (χ3v) is 0. The normalized spacial score (nSPS) is 1.75. The summed E-state index contributed by atoms with van der Waals surface area (Å²) in [5.74, 6) is 0. The molecule has 0 saturated carbocycles. The third-order valence-electron chi connectivity index (χ3n) is 0. The molecule has 0 bridgehead atoms. The van der Waals surface area contributed by atoms with Crippen LogP contribution in [0.25, 0.3) is 0 Å². The Kier molecular flexibility index (Phi) is 752. The van der Waals surface area contributed by atoms with Gasteiger partial charge in [-0.15, -0.1) is 1.43 Å². The van der Waals surface area contributed by atoms with Crippen molar-refractivity contribution in [2.75, 3.05) is 0 Å². The quantitative estimate of drug-likeness (QED) is 0.352. The molecule has 0 rings (SSSR count). The van der Waals surface area contributed by atoms with Crippen molar-refractivity contribution in [3.63, 3.8) is 0 Å². The first-order valence-electron chi connectivity index (χ1n) is 0.408. The van der Waals surface area contributed by atoms with Gasteiger partial charge in [0.25, 0.3) is 0 Å². The van der Waals surface area contributed by atoms with E-state index in [1.807, 2.05) is 0 Å². The van der Waals surface area contributed by atoms with E-state index in [2.05, 4.69) is 1.43 Å². The molecule has 4 heavy (non-hydrogen) atoms. The zero-order chi connectivity index (χ0) is 2.00. The first kappa shape index (κ1) is 25.8. The first-order valence-corrected chi connectivity index (χ1v) is 0. The van der Waals surface area contributed by atoms with Crippen LogP contribution in [0.15, 0.2) is 0 Å². The maximum Gasteiger partial charge on any atom is 3.00 e. The molecule has 4 heteroatoms. The van der Waals surface area contributed by atoms with Gasteiger partial charge < -0.3 is 16.4 Å². The fourth-order valence-corrected chi connectivity index (χ4v) is 0. The average Bonchev–Trinajstić information content (AvgIpc) is 1.00. The topological polar surface area (TPSA) is 90.0 Å². The second kappa shape index (κ2) is 117. The van der Waals surface area contributed by atoms with E-state index < -0.39 is 0 Å². The average molecular weight is 79.0 g/mol. The Hall–Kier alpha value is 0.412. The molecule has 0 spiro atoms. The minimum absolute atomic E-state index is 0. The molecule has 0 fully saturated rings. The Labute approximate surface area is 36.2 Å². The Morgan fingerprint density at radius 1 is 1.00 bits per heavy atom. The van der Waals surface area contributed by atoms with Crippen LogP contribution in [-0.2, 0) is 0 Å². The van der Waals surface area contributed by atoms with Crippen LogP contribution in [0.3, 0.4) is 0 Å². The Morgan fingerprint density at radius 2 is 1.00 bits per heavy atom. The van der Waals surface area contributed by atoms with Crippen molar-refractivity contribution in [2.24, 2.45) is 0 Å². The Morgan fingerprint density at radius 3 is 1.00 bits per heavy atom. The summed E-state index contributed by atoms with van der Waals surface area (Å²) in [5.41, 5.74) is 7.50. The van der Waals surface area contributed by atoms with Gasteiger partial charge in [0.05, 0.1) is 0 Å². The van der Waals surface area contributed by atoms with Crippen LogP contribution >= 0.6 is 0 Å². The first-order chi connectivity index (χ1) is 1.00. The summed E-state index contributed by atoms with van der Waals surface area (Å²) in [4.78, 5) is 0. The summed E-state index contributed by atoms with van der Waals surface area (Å²) in [6.07, 6.45) is 0. The molecule has 0 aromatic carbocycles. The van der Waals surface area contributed by atoms with Crippen molar-refractivity contribution >= 4 is 17.4 Å². The third kappa shape index (κ3) is 28.3. The van der Waals surface area contributed by atoms with Gasteiger partial charge in [0, 0.05) is 0 Å². The molecule has 0 aromatic heterocycles.